The molecule has 0 N–H and O–H groups in total. The molecule has 0 unspecified atom stereocenters. The third kappa shape index (κ3) is 3.74. The molecular weight excluding hydrogens is 314 g/mol. The number of nitrogens with zero attached hydrogens (tertiary/aromatic N) is 1. The Kier molecular flexibility index (Phi) is 5.19. The second kappa shape index (κ2) is 7.53. The van der Waals surface area contributed by atoms with Gasteiger partial charge in [0.1, 0.15) is 5.75 Å². The van der Waals surface area contributed by atoms with Crippen LogP contribution in [0.2, 0.25) is 0 Å². The van der Waals surface area contributed by atoms with Gasteiger partial charge in [0.05, 0.1) is 19.8 Å². The molecule has 25 heavy (non-hydrogen) atoms. The summed E-state index contributed by atoms with van der Waals surface area (Å²) in [5.74, 6) is 0.760. The topological polar surface area (TPSA) is 38.8 Å². The normalized spacial score (nSPS) is 19.3. The maximum atomic E-state index is 12.7. The first-order chi connectivity index (χ1) is 12.1. The maximum Gasteiger partial charge on any atom is 0.259 e. The molecule has 1 heterocycles. The predicted octanol–water partition coefficient (Wildman–Crippen LogP) is 3.96. The number of carbonyl (C=O) groups excluding carboxylic acids is 1. The minimum atomic E-state index is -0.447. The van der Waals surface area contributed by atoms with Crippen LogP contribution >= 0.6 is 0 Å². The van der Waals surface area contributed by atoms with Crippen LogP contribution in [0.15, 0.2) is 66.2 Å². The van der Waals surface area contributed by atoms with Gasteiger partial charge in [-0.1, -0.05) is 42.0 Å². The molecule has 3 rings (SSSR count). The summed E-state index contributed by atoms with van der Waals surface area (Å²) in [4.78, 5) is 14.5. The van der Waals surface area contributed by atoms with Gasteiger partial charge < -0.3 is 9.47 Å². The molecule has 0 saturated carbocycles. The first kappa shape index (κ1) is 17.2. The quantitative estimate of drug-likeness (QED) is 0.591. The number of allylic oxidation sites excluding steroid dienone is 1. The van der Waals surface area contributed by atoms with Gasteiger partial charge in [0.2, 0.25) is 0 Å². The Hall–Kier alpha value is -2.59. The summed E-state index contributed by atoms with van der Waals surface area (Å²) in [7, 11) is 1.63. The summed E-state index contributed by atoms with van der Waals surface area (Å²) in [6, 6.07) is 17.3. The van der Waals surface area contributed by atoms with E-state index in [2.05, 4.69) is 6.08 Å². The van der Waals surface area contributed by atoms with Gasteiger partial charge in [0.15, 0.2) is 6.10 Å². The van der Waals surface area contributed by atoms with Crippen LogP contribution in [0.1, 0.15) is 19.4 Å². The Morgan fingerprint density at radius 2 is 1.76 bits per heavy atom. The average Bonchev–Trinajstić information content (AvgIpc) is 2.63. The molecule has 1 aliphatic heterocycles. The highest BCUT2D eigenvalue weighted by Crippen LogP contribution is 2.33. The third-order valence-electron chi connectivity index (χ3n) is 4.22. The van der Waals surface area contributed by atoms with Crippen molar-refractivity contribution in [2.24, 2.45) is 0 Å². The van der Waals surface area contributed by atoms with Crippen LogP contribution in [0.3, 0.4) is 0 Å². The lowest BCUT2D eigenvalue weighted by atomic mass is 9.94. The minimum Gasteiger partial charge on any atom is -0.497 e. The third-order valence-corrected chi connectivity index (χ3v) is 4.22. The summed E-state index contributed by atoms with van der Waals surface area (Å²) >= 11 is 0. The molecule has 0 aliphatic carbocycles. The fraction of sp³-hybridized carbons (Fsp3) is 0.286. The molecule has 0 radical (unpaired) electrons. The molecule has 4 heteroatoms. The fourth-order valence-corrected chi connectivity index (χ4v) is 2.96. The number of benzene rings is 2. The van der Waals surface area contributed by atoms with Crippen LogP contribution in [0.4, 0.5) is 5.69 Å². The Morgan fingerprint density at radius 1 is 1.08 bits per heavy atom. The molecule has 1 saturated heterocycles. The summed E-state index contributed by atoms with van der Waals surface area (Å²) in [5.41, 5.74) is 3.08. The zero-order valence-electron chi connectivity index (χ0n) is 14.8. The number of carbonyl (C=O) groups is 1. The van der Waals surface area contributed by atoms with Crippen LogP contribution in [-0.4, -0.2) is 25.2 Å². The van der Waals surface area contributed by atoms with Crippen molar-refractivity contribution >= 4 is 11.6 Å². The molecule has 0 bridgehead atoms. The van der Waals surface area contributed by atoms with E-state index in [4.69, 9.17) is 9.47 Å². The number of hydrogen-bond donors (Lipinski definition) is 0. The smallest absolute Gasteiger partial charge is 0.259 e. The first-order valence-electron chi connectivity index (χ1n) is 8.38. The van der Waals surface area contributed by atoms with E-state index in [1.807, 2.05) is 68.4 Å². The van der Waals surface area contributed by atoms with E-state index < -0.39 is 6.10 Å². The Morgan fingerprint density at radius 3 is 2.36 bits per heavy atom. The summed E-state index contributed by atoms with van der Waals surface area (Å²) in [5, 5.41) is 0. The van der Waals surface area contributed by atoms with E-state index in [0.29, 0.717) is 6.61 Å². The number of ether oxygens (including phenoxy) is 2. The lowest BCUT2D eigenvalue weighted by molar-refractivity contribution is -0.141. The maximum absolute atomic E-state index is 12.7. The molecule has 4 nitrogen and oxygen atoms in total. The van der Waals surface area contributed by atoms with Gasteiger partial charge in [-0.2, -0.15) is 0 Å². The van der Waals surface area contributed by atoms with E-state index in [-0.39, 0.29) is 11.9 Å². The molecule has 2 atom stereocenters. The van der Waals surface area contributed by atoms with Crippen LogP contribution in [0.25, 0.3) is 0 Å². The zero-order chi connectivity index (χ0) is 17.8. The van der Waals surface area contributed by atoms with Crippen molar-refractivity contribution in [2.75, 3.05) is 12.0 Å². The molecule has 1 fully saturated rings. The molecule has 1 aliphatic rings. The van der Waals surface area contributed by atoms with Crippen molar-refractivity contribution in [1.82, 2.24) is 0 Å². The van der Waals surface area contributed by atoms with Crippen molar-refractivity contribution in [2.45, 2.75) is 32.6 Å². The number of methoxy groups -OCH3 is 1. The lowest BCUT2D eigenvalue weighted by Gasteiger charge is -2.45. The molecule has 130 valence electrons. The van der Waals surface area contributed by atoms with Crippen LogP contribution in [0.5, 0.6) is 5.75 Å². The SMILES string of the molecule is COc1ccc(N2C(=O)[C@H](OCc3ccccc3)[C@@H]2C=C(C)C)cc1. The van der Waals surface area contributed by atoms with E-state index in [9.17, 15) is 4.79 Å². The molecule has 2 aromatic rings. The number of amides is 1. The molecule has 0 aromatic heterocycles. The standard InChI is InChI=1S/C21H23NO3/c1-15(2)13-19-20(25-14-16-7-5-4-6-8-16)21(23)22(19)17-9-11-18(24-3)12-10-17/h4-13,19-20H,14H2,1-3H3/t19-,20+/m0/s1. The minimum absolute atomic E-state index is 0.0106. The van der Waals surface area contributed by atoms with Crippen LogP contribution in [-0.2, 0) is 16.1 Å². The van der Waals surface area contributed by atoms with E-state index in [1.54, 1.807) is 12.0 Å². The van der Waals surface area contributed by atoms with Crippen molar-refractivity contribution < 1.29 is 14.3 Å². The zero-order valence-corrected chi connectivity index (χ0v) is 14.8. The van der Waals surface area contributed by atoms with Gasteiger partial charge in [-0.05, 0) is 43.7 Å². The van der Waals surface area contributed by atoms with Crippen molar-refractivity contribution in [3.8, 4) is 5.75 Å². The van der Waals surface area contributed by atoms with Crippen LogP contribution in [0, 0.1) is 0 Å². The van der Waals surface area contributed by atoms with Gasteiger partial charge in [0, 0.05) is 5.69 Å². The van der Waals surface area contributed by atoms with Crippen molar-refractivity contribution in [3.05, 3.63) is 71.8 Å². The largest absolute Gasteiger partial charge is 0.497 e. The highest BCUT2D eigenvalue weighted by Gasteiger charge is 2.47. The second-order valence-electron chi connectivity index (χ2n) is 6.36. The van der Waals surface area contributed by atoms with E-state index in [0.717, 1.165) is 22.6 Å². The van der Waals surface area contributed by atoms with Crippen molar-refractivity contribution in [1.29, 1.82) is 0 Å². The lowest BCUT2D eigenvalue weighted by Crippen LogP contribution is -2.65. The Labute approximate surface area is 148 Å². The van der Waals surface area contributed by atoms with Gasteiger partial charge in [-0.15, -0.1) is 0 Å². The fourth-order valence-electron chi connectivity index (χ4n) is 2.96. The average molecular weight is 337 g/mol. The molecule has 1 amide bonds. The van der Waals surface area contributed by atoms with Gasteiger partial charge in [-0.3, -0.25) is 9.69 Å². The predicted molar refractivity (Wildman–Crippen MR) is 98.7 cm³/mol. The highest BCUT2D eigenvalue weighted by atomic mass is 16.5. The second-order valence-corrected chi connectivity index (χ2v) is 6.36. The Bertz CT molecular complexity index is 748. The number of hydrogen-bond acceptors (Lipinski definition) is 3. The van der Waals surface area contributed by atoms with Crippen molar-refractivity contribution in [3.63, 3.8) is 0 Å². The summed E-state index contributed by atoms with van der Waals surface area (Å²) in [6.45, 7) is 4.49. The Balaban J connectivity index is 1.76. The first-order valence-corrected chi connectivity index (χ1v) is 8.38. The molecular formula is C21H23NO3. The highest BCUT2D eigenvalue weighted by molar-refractivity contribution is 6.05. The monoisotopic (exact) mass is 337 g/mol. The molecule has 2 aromatic carbocycles. The van der Waals surface area contributed by atoms with E-state index >= 15 is 0 Å². The van der Waals surface area contributed by atoms with Gasteiger partial charge in [-0.25, -0.2) is 0 Å². The summed E-state index contributed by atoms with van der Waals surface area (Å²) < 4.78 is 11.1. The number of anilines is 1. The number of β-lactam (4-membered cyclic amide) rings is 1. The molecule has 0 spiro atoms. The van der Waals surface area contributed by atoms with E-state index in [1.165, 1.54) is 0 Å². The van der Waals surface area contributed by atoms with Gasteiger partial charge in [0.25, 0.3) is 5.91 Å². The van der Waals surface area contributed by atoms with Gasteiger partial charge >= 0.3 is 0 Å². The number of rotatable bonds is 6. The summed E-state index contributed by atoms with van der Waals surface area (Å²) in [6.07, 6.45) is 1.64. The van der Waals surface area contributed by atoms with Crippen LogP contribution < -0.4 is 9.64 Å².